The van der Waals surface area contributed by atoms with Crippen LogP contribution in [0, 0.1) is 0 Å². The van der Waals surface area contributed by atoms with E-state index in [0.29, 0.717) is 6.42 Å². The Kier molecular flexibility index (Phi) is 3.30. The van der Waals surface area contributed by atoms with Crippen LogP contribution in [0.25, 0.3) is 21.9 Å². The van der Waals surface area contributed by atoms with Crippen molar-refractivity contribution in [2.24, 2.45) is 0 Å². The zero-order valence-corrected chi connectivity index (χ0v) is 12.7. The minimum atomic E-state index is 0.190. The van der Waals surface area contributed by atoms with Gasteiger partial charge in [0.15, 0.2) is 5.78 Å². The van der Waals surface area contributed by atoms with Crippen molar-refractivity contribution in [2.45, 2.75) is 6.42 Å². The number of rotatable bonds is 4. The molecule has 0 aliphatic carbocycles. The second kappa shape index (κ2) is 5.01. The quantitative estimate of drug-likeness (QED) is 0.537. The van der Waals surface area contributed by atoms with Crippen LogP contribution in [-0.4, -0.2) is 38.0 Å². The number of hydrogen-bond acceptors (Lipinski definition) is 2. The fourth-order valence-corrected chi connectivity index (χ4v) is 2.48. The Hall–Kier alpha value is -2.13. The molecule has 0 fully saturated rings. The number of Topliss-reactive ketones (excluding diaryl/α,β-unsaturated/α-hetero) is 1. The number of benzene rings is 2. The second-order valence-electron chi connectivity index (χ2n) is 6.50. The summed E-state index contributed by atoms with van der Waals surface area (Å²) in [6.45, 7) is 0.836. The van der Waals surface area contributed by atoms with Crippen LogP contribution in [0.4, 0.5) is 0 Å². The number of carbonyl (C=O) groups excluding carboxylic acids is 1. The number of furan rings is 1. The van der Waals surface area contributed by atoms with E-state index in [1.165, 1.54) is 0 Å². The van der Waals surface area contributed by atoms with Crippen molar-refractivity contribution >= 4 is 27.7 Å². The highest BCUT2D eigenvalue weighted by molar-refractivity contribution is 6.08. The molecule has 0 unspecified atom stereocenters. The van der Waals surface area contributed by atoms with Crippen LogP contribution in [-0.2, 0) is 0 Å². The molecule has 1 aromatic heterocycles. The highest BCUT2D eigenvalue weighted by Gasteiger charge is 2.14. The number of carbonyl (C=O) groups is 1. The molecule has 0 saturated carbocycles. The van der Waals surface area contributed by atoms with E-state index in [2.05, 4.69) is 21.1 Å². The van der Waals surface area contributed by atoms with E-state index in [1.54, 1.807) is 0 Å². The zero-order valence-electron chi connectivity index (χ0n) is 12.7. The van der Waals surface area contributed by atoms with Crippen molar-refractivity contribution in [3.05, 3.63) is 48.0 Å². The SMILES string of the molecule is C[N+](C)(C)CCC(=O)c1ccc2oc3ccccc3c2c1. The van der Waals surface area contributed by atoms with Crippen molar-refractivity contribution in [2.75, 3.05) is 27.7 Å². The number of para-hydroxylation sites is 1. The van der Waals surface area contributed by atoms with Crippen LogP contribution in [0.2, 0.25) is 0 Å². The van der Waals surface area contributed by atoms with Gasteiger partial charge in [-0.1, -0.05) is 18.2 Å². The van der Waals surface area contributed by atoms with Crippen molar-refractivity contribution in [3.63, 3.8) is 0 Å². The molecule has 1 heterocycles. The Morgan fingerprint density at radius 1 is 1.00 bits per heavy atom. The maximum Gasteiger partial charge on any atom is 0.168 e. The summed E-state index contributed by atoms with van der Waals surface area (Å²) in [7, 11) is 6.29. The summed E-state index contributed by atoms with van der Waals surface area (Å²) in [6.07, 6.45) is 0.560. The smallest absolute Gasteiger partial charge is 0.168 e. The Morgan fingerprint density at radius 3 is 2.48 bits per heavy atom. The number of fused-ring (bicyclic) bond motifs is 3. The van der Waals surface area contributed by atoms with E-state index in [1.807, 2.05) is 42.5 Å². The lowest BCUT2D eigenvalue weighted by Gasteiger charge is -2.23. The van der Waals surface area contributed by atoms with E-state index in [0.717, 1.165) is 38.5 Å². The van der Waals surface area contributed by atoms with Gasteiger partial charge in [0, 0.05) is 16.3 Å². The Bertz CT molecular complexity index is 809. The Balaban J connectivity index is 1.97. The molecule has 0 saturated heterocycles. The molecule has 21 heavy (non-hydrogen) atoms. The van der Waals surface area contributed by atoms with Gasteiger partial charge in [-0.05, 0) is 24.3 Å². The topological polar surface area (TPSA) is 30.2 Å². The van der Waals surface area contributed by atoms with E-state index < -0.39 is 0 Å². The van der Waals surface area contributed by atoms with Crippen LogP contribution in [0.1, 0.15) is 16.8 Å². The van der Waals surface area contributed by atoms with Gasteiger partial charge in [-0.15, -0.1) is 0 Å². The summed E-state index contributed by atoms with van der Waals surface area (Å²) in [5.74, 6) is 0.190. The van der Waals surface area contributed by atoms with Gasteiger partial charge in [0.2, 0.25) is 0 Å². The van der Waals surface area contributed by atoms with Crippen molar-refractivity contribution in [1.82, 2.24) is 0 Å². The molecular formula is C18H20NO2+. The fourth-order valence-electron chi connectivity index (χ4n) is 2.48. The minimum Gasteiger partial charge on any atom is -0.456 e. The lowest BCUT2D eigenvalue weighted by Crippen LogP contribution is -2.36. The molecule has 0 N–H and O–H groups in total. The van der Waals surface area contributed by atoms with Crippen molar-refractivity contribution in [1.29, 1.82) is 0 Å². The molecule has 0 amide bonds. The molecule has 0 radical (unpaired) electrons. The first-order valence-electron chi connectivity index (χ1n) is 7.19. The molecule has 0 aliphatic heterocycles. The zero-order chi connectivity index (χ0) is 15.0. The van der Waals surface area contributed by atoms with Gasteiger partial charge < -0.3 is 8.90 Å². The number of nitrogens with zero attached hydrogens (tertiary/aromatic N) is 1. The second-order valence-corrected chi connectivity index (χ2v) is 6.50. The maximum absolute atomic E-state index is 12.4. The van der Waals surface area contributed by atoms with Crippen LogP contribution in [0.15, 0.2) is 46.9 Å². The van der Waals surface area contributed by atoms with Gasteiger partial charge >= 0.3 is 0 Å². The van der Waals surface area contributed by atoms with Gasteiger partial charge in [0.05, 0.1) is 34.1 Å². The van der Waals surface area contributed by atoms with E-state index in [4.69, 9.17) is 4.42 Å². The summed E-state index contributed by atoms with van der Waals surface area (Å²) in [5.41, 5.74) is 2.46. The largest absolute Gasteiger partial charge is 0.456 e. The predicted molar refractivity (Wildman–Crippen MR) is 85.6 cm³/mol. The van der Waals surface area contributed by atoms with Crippen molar-refractivity contribution in [3.8, 4) is 0 Å². The average molecular weight is 282 g/mol. The molecule has 0 aliphatic rings. The Morgan fingerprint density at radius 2 is 1.71 bits per heavy atom. The van der Waals surface area contributed by atoms with Gasteiger partial charge in [-0.25, -0.2) is 0 Å². The maximum atomic E-state index is 12.4. The molecule has 0 spiro atoms. The molecule has 3 heteroatoms. The lowest BCUT2D eigenvalue weighted by atomic mass is 10.0. The summed E-state index contributed by atoms with van der Waals surface area (Å²) < 4.78 is 6.58. The molecule has 108 valence electrons. The highest BCUT2D eigenvalue weighted by atomic mass is 16.3. The first-order chi connectivity index (χ1) is 9.94. The first-order valence-corrected chi connectivity index (χ1v) is 7.19. The molecule has 3 nitrogen and oxygen atoms in total. The summed E-state index contributed by atoms with van der Waals surface area (Å²) in [4.78, 5) is 12.4. The third-order valence-corrected chi connectivity index (χ3v) is 3.71. The lowest BCUT2D eigenvalue weighted by molar-refractivity contribution is -0.869. The van der Waals surface area contributed by atoms with E-state index in [-0.39, 0.29) is 5.78 Å². The first kappa shape index (κ1) is 13.8. The van der Waals surface area contributed by atoms with Crippen molar-refractivity contribution < 1.29 is 13.7 Å². The van der Waals surface area contributed by atoms with Crippen LogP contribution in [0.5, 0.6) is 0 Å². The highest BCUT2D eigenvalue weighted by Crippen LogP contribution is 2.29. The standard InChI is InChI=1S/C18H20NO2/c1-19(2,3)11-10-16(20)13-8-9-18-15(12-13)14-6-4-5-7-17(14)21-18/h4-9,12H,10-11H2,1-3H3/q+1. The molecule has 3 aromatic rings. The summed E-state index contributed by atoms with van der Waals surface area (Å²) in [5, 5.41) is 2.08. The number of quaternary nitrogens is 1. The fraction of sp³-hybridized carbons (Fsp3) is 0.278. The molecule has 3 rings (SSSR count). The van der Waals surface area contributed by atoms with Crippen LogP contribution in [0.3, 0.4) is 0 Å². The summed E-state index contributed by atoms with van der Waals surface area (Å²) in [6, 6.07) is 13.6. The third kappa shape index (κ3) is 2.83. The molecule has 2 aromatic carbocycles. The van der Waals surface area contributed by atoms with Gasteiger partial charge in [0.25, 0.3) is 0 Å². The molecule has 0 atom stereocenters. The van der Waals surface area contributed by atoms with Crippen LogP contribution < -0.4 is 0 Å². The number of hydrogen-bond donors (Lipinski definition) is 0. The third-order valence-electron chi connectivity index (χ3n) is 3.71. The van der Waals surface area contributed by atoms with E-state index in [9.17, 15) is 4.79 Å². The average Bonchev–Trinajstić information content (AvgIpc) is 2.81. The Labute approximate surface area is 124 Å². The van der Waals surface area contributed by atoms with Gasteiger partial charge in [-0.3, -0.25) is 4.79 Å². The number of ketones is 1. The van der Waals surface area contributed by atoms with Crippen LogP contribution >= 0.6 is 0 Å². The monoisotopic (exact) mass is 282 g/mol. The van der Waals surface area contributed by atoms with Gasteiger partial charge in [-0.2, -0.15) is 0 Å². The predicted octanol–water partition coefficient (Wildman–Crippen LogP) is 3.87. The minimum absolute atomic E-state index is 0.190. The molecule has 0 bridgehead atoms. The summed E-state index contributed by atoms with van der Waals surface area (Å²) >= 11 is 0. The normalized spacial score (nSPS) is 12.1. The van der Waals surface area contributed by atoms with E-state index >= 15 is 0 Å². The van der Waals surface area contributed by atoms with Gasteiger partial charge in [0.1, 0.15) is 11.2 Å². The molecular weight excluding hydrogens is 262 g/mol.